The molecule has 1 amide bonds. The molecule has 4 rings (SSSR count). The topological polar surface area (TPSA) is 92.3 Å². The zero-order valence-electron chi connectivity index (χ0n) is 15.7. The molecule has 3 heterocycles. The summed E-state index contributed by atoms with van der Waals surface area (Å²) < 4.78 is 27.5. The average Bonchev–Trinajstić information content (AvgIpc) is 3.42. The number of sulfonamides is 1. The SMILES string of the molecule is Cc1ccc(NC(=O)c2nnc([C@@H]3CCCN(S(=O)(=O)c4cccs4)C3)s2)cc1. The first-order valence-electron chi connectivity index (χ1n) is 9.18. The van der Waals surface area contributed by atoms with E-state index in [1.54, 1.807) is 17.5 Å². The highest BCUT2D eigenvalue weighted by atomic mass is 32.2. The standard InChI is InChI=1S/C19H20N4O3S3/c1-13-6-8-15(9-7-13)20-17(24)19-22-21-18(28-19)14-4-2-10-23(12-14)29(25,26)16-5-3-11-27-16/h3,5-9,11,14H,2,4,10,12H2,1H3,(H,20,24)/t14-/m1/s1. The largest absolute Gasteiger partial charge is 0.320 e. The van der Waals surface area contributed by atoms with Gasteiger partial charge in [-0.25, -0.2) is 8.42 Å². The number of thiophene rings is 1. The van der Waals surface area contributed by atoms with Crippen LogP contribution in [-0.4, -0.2) is 41.9 Å². The number of anilines is 1. The predicted molar refractivity (Wildman–Crippen MR) is 114 cm³/mol. The van der Waals surface area contributed by atoms with E-state index in [0.717, 1.165) is 18.4 Å². The third-order valence-corrected chi connectivity index (χ3v) is 9.09. The molecule has 1 fully saturated rings. The number of hydrogen-bond acceptors (Lipinski definition) is 7. The minimum Gasteiger partial charge on any atom is -0.320 e. The highest BCUT2D eigenvalue weighted by molar-refractivity contribution is 7.91. The quantitative estimate of drug-likeness (QED) is 0.642. The van der Waals surface area contributed by atoms with Crippen molar-refractivity contribution in [1.82, 2.24) is 14.5 Å². The number of amides is 1. The van der Waals surface area contributed by atoms with Crippen molar-refractivity contribution in [2.24, 2.45) is 0 Å². The fraction of sp³-hybridized carbons (Fsp3) is 0.316. The van der Waals surface area contributed by atoms with Crippen LogP contribution < -0.4 is 5.32 Å². The van der Waals surface area contributed by atoms with E-state index in [9.17, 15) is 13.2 Å². The summed E-state index contributed by atoms with van der Waals surface area (Å²) in [5, 5.41) is 13.8. The van der Waals surface area contributed by atoms with Gasteiger partial charge in [0.15, 0.2) is 0 Å². The molecule has 0 aliphatic carbocycles. The Bertz CT molecular complexity index is 1090. The average molecular weight is 449 g/mol. The molecular weight excluding hydrogens is 428 g/mol. The first kappa shape index (κ1) is 20.1. The van der Waals surface area contributed by atoms with Gasteiger partial charge in [-0.15, -0.1) is 21.5 Å². The van der Waals surface area contributed by atoms with Crippen LogP contribution in [0.1, 0.15) is 39.1 Å². The highest BCUT2D eigenvalue weighted by Crippen LogP contribution is 2.33. The first-order chi connectivity index (χ1) is 13.9. The zero-order chi connectivity index (χ0) is 20.4. The van der Waals surface area contributed by atoms with E-state index in [1.165, 1.54) is 27.0 Å². The van der Waals surface area contributed by atoms with E-state index in [1.807, 2.05) is 31.2 Å². The van der Waals surface area contributed by atoms with Gasteiger partial charge >= 0.3 is 0 Å². The van der Waals surface area contributed by atoms with E-state index in [-0.39, 0.29) is 16.8 Å². The Morgan fingerprint density at radius 1 is 1.21 bits per heavy atom. The summed E-state index contributed by atoms with van der Waals surface area (Å²) in [4.78, 5) is 12.5. The number of carbonyl (C=O) groups excluding carboxylic acids is 1. The molecule has 1 saturated heterocycles. The summed E-state index contributed by atoms with van der Waals surface area (Å²) in [6, 6.07) is 10.9. The van der Waals surface area contributed by atoms with Crippen molar-refractivity contribution in [2.75, 3.05) is 18.4 Å². The number of benzene rings is 1. The smallest absolute Gasteiger partial charge is 0.286 e. The second-order valence-electron chi connectivity index (χ2n) is 6.90. The second kappa shape index (κ2) is 8.31. The van der Waals surface area contributed by atoms with Crippen LogP contribution in [0.2, 0.25) is 0 Å². The van der Waals surface area contributed by atoms with Gasteiger partial charge in [0, 0.05) is 24.7 Å². The number of rotatable bonds is 5. The molecule has 3 aromatic rings. The number of nitrogens with zero attached hydrogens (tertiary/aromatic N) is 3. The van der Waals surface area contributed by atoms with E-state index in [2.05, 4.69) is 15.5 Å². The van der Waals surface area contributed by atoms with Crippen LogP contribution in [-0.2, 0) is 10.0 Å². The Labute approximate surface area is 177 Å². The van der Waals surface area contributed by atoms with Crippen molar-refractivity contribution < 1.29 is 13.2 Å². The predicted octanol–water partition coefficient (Wildman–Crippen LogP) is 3.73. The maximum Gasteiger partial charge on any atom is 0.286 e. The number of aryl methyl sites for hydroxylation is 1. The highest BCUT2D eigenvalue weighted by Gasteiger charge is 2.33. The Balaban J connectivity index is 1.46. The third kappa shape index (κ3) is 4.40. The van der Waals surface area contributed by atoms with E-state index >= 15 is 0 Å². The van der Waals surface area contributed by atoms with Crippen LogP contribution in [0.15, 0.2) is 46.0 Å². The summed E-state index contributed by atoms with van der Waals surface area (Å²) in [7, 11) is -3.48. The lowest BCUT2D eigenvalue weighted by Crippen LogP contribution is -2.38. The third-order valence-electron chi connectivity index (χ3n) is 4.77. The first-order valence-corrected chi connectivity index (χ1v) is 12.3. The summed E-state index contributed by atoms with van der Waals surface area (Å²) in [5.41, 5.74) is 1.81. The summed E-state index contributed by atoms with van der Waals surface area (Å²) in [6.45, 7) is 2.83. The minimum atomic E-state index is -3.48. The molecule has 2 aromatic heterocycles. The van der Waals surface area contributed by atoms with Gasteiger partial charge in [-0.1, -0.05) is 35.1 Å². The second-order valence-corrected chi connectivity index (χ2v) is 11.0. The molecule has 1 N–H and O–H groups in total. The maximum atomic E-state index is 12.8. The lowest BCUT2D eigenvalue weighted by atomic mass is 10.0. The minimum absolute atomic E-state index is 0.0584. The van der Waals surface area contributed by atoms with Gasteiger partial charge < -0.3 is 5.32 Å². The lowest BCUT2D eigenvalue weighted by Gasteiger charge is -2.30. The Kier molecular flexibility index (Phi) is 5.77. The maximum absolute atomic E-state index is 12.8. The van der Waals surface area contributed by atoms with Gasteiger partial charge in [0.1, 0.15) is 9.22 Å². The fourth-order valence-corrected chi connectivity index (χ4v) is 6.75. The molecule has 1 aromatic carbocycles. The van der Waals surface area contributed by atoms with Gasteiger partial charge in [0.2, 0.25) is 5.01 Å². The number of aromatic nitrogens is 2. The van der Waals surface area contributed by atoms with E-state index in [4.69, 9.17) is 0 Å². The van der Waals surface area contributed by atoms with Gasteiger partial charge in [-0.05, 0) is 43.3 Å². The Morgan fingerprint density at radius 3 is 2.72 bits per heavy atom. The molecule has 1 aliphatic heterocycles. The van der Waals surface area contributed by atoms with Crippen molar-refractivity contribution in [1.29, 1.82) is 0 Å². The lowest BCUT2D eigenvalue weighted by molar-refractivity contribution is 0.102. The molecule has 0 bridgehead atoms. The number of piperidine rings is 1. The van der Waals surface area contributed by atoms with Crippen LogP contribution in [0.5, 0.6) is 0 Å². The molecule has 152 valence electrons. The number of carbonyl (C=O) groups is 1. The van der Waals surface area contributed by atoms with Crippen LogP contribution in [0.25, 0.3) is 0 Å². The summed E-state index contributed by atoms with van der Waals surface area (Å²) >= 11 is 2.45. The molecule has 1 aliphatic rings. The molecule has 7 nitrogen and oxygen atoms in total. The molecule has 29 heavy (non-hydrogen) atoms. The van der Waals surface area contributed by atoms with Gasteiger partial charge in [-0.3, -0.25) is 4.79 Å². The van der Waals surface area contributed by atoms with Gasteiger partial charge in [0.25, 0.3) is 15.9 Å². The van der Waals surface area contributed by atoms with Crippen molar-refractivity contribution in [2.45, 2.75) is 29.9 Å². The van der Waals surface area contributed by atoms with E-state index in [0.29, 0.717) is 28.0 Å². The molecule has 0 saturated carbocycles. The Hall–Kier alpha value is -2.14. The molecule has 1 atom stereocenters. The van der Waals surface area contributed by atoms with Crippen molar-refractivity contribution >= 4 is 44.3 Å². The van der Waals surface area contributed by atoms with Crippen LogP contribution in [0.4, 0.5) is 5.69 Å². The normalized spacial score (nSPS) is 17.9. The summed E-state index contributed by atoms with van der Waals surface area (Å²) in [6.07, 6.45) is 1.57. The molecule has 0 spiro atoms. The van der Waals surface area contributed by atoms with Crippen LogP contribution in [0.3, 0.4) is 0 Å². The number of hydrogen-bond donors (Lipinski definition) is 1. The zero-order valence-corrected chi connectivity index (χ0v) is 18.2. The number of nitrogens with one attached hydrogen (secondary N) is 1. The van der Waals surface area contributed by atoms with E-state index < -0.39 is 10.0 Å². The Morgan fingerprint density at radius 2 is 2.00 bits per heavy atom. The molecular formula is C19H20N4O3S3. The van der Waals surface area contributed by atoms with Crippen molar-refractivity contribution in [3.05, 3.63) is 57.4 Å². The van der Waals surface area contributed by atoms with Crippen LogP contribution in [0, 0.1) is 6.92 Å². The fourth-order valence-electron chi connectivity index (χ4n) is 3.21. The molecule has 0 unspecified atom stereocenters. The molecule has 0 radical (unpaired) electrons. The molecule has 10 heteroatoms. The van der Waals surface area contributed by atoms with Crippen molar-refractivity contribution in [3.8, 4) is 0 Å². The van der Waals surface area contributed by atoms with Crippen LogP contribution >= 0.6 is 22.7 Å². The summed E-state index contributed by atoms with van der Waals surface area (Å²) in [5.74, 6) is -0.367. The van der Waals surface area contributed by atoms with Gasteiger partial charge in [0.05, 0.1) is 0 Å². The van der Waals surface area contributed by atoms with Crippen molar-refractivity contribution in [3.63, 3.8) is 0 Å². The van der Waals surface area contributed by atoms with Gasteiger partial charge in [-0.2, -0.15) is 4.31 Å². The monoisotopic (exact) mass is 448 g/mol.